The van der Waals surface area contributed by atoms with Gasteiger partial charge in [0.2, 0.25) is 0 Å². The zero-order chi connectivity index (χ0) is 15.2. The highest BCUT2D eigenvalue weighted by molar-refractivity contribution is 14.1. The van der Waals surface area contributed by atoms with E-state index in [2.05, 4.69) is 55.6 Å². The molecule has 0 saturated heterocycles. The largest absolute Gasteiger partial charge is 0.371 e. The van der Waals surface area contributed by atoms with E-state index >= 15 is 0 Å². The van der Waals surface area contributed by atoms with Crippen molar-refractivity contribution in [1.29, 1.82) is 0 Å². The van der Waals surface area contributed by atoms with E-state index in [-0.39, 0.29) is 0 Å². The SMILES string of the molecule is CCCNc1nc(C(C)(CC)OC)nc(CCC)c1I. The van der Waals surface area contributed by atoms with Gasteiger partial charge in [-0.05, 0) is 48.8 Å². The number of nitrogens with zero attached hydrogens (tertiary/aromatic N) is 2. The highest BCUT2D eigenvalue weighted by atomic mass is 127. The molecule has 0 aromatic carbocycles. The molecule has 1 aromatic heterocycles. The standard InChI is InChI=1S/C15H26IN3O/c1-6-9-11-12(16)13(17-10-7-2)19-14(18-11)15(4,8-3)20-5/h6-10H2,1-5H3,(H,17,18,19). The number of halogens is 1. The molecule has 1 aromatic rings. The predicted molar refractivity (Wildman–Crippen MR) is 92.2 cm³/mol. The average Bonchev–Trinajstić information content (AvgIpc) is 2.47. The topological polar surface area (TPSA) is 47.0 Å². The summed E-state index contributed by atoms with van der Waals surface area (Å²) in [5.41, 5.74) is 0.698. The molecular formula is C15H26IN3O. The molecule has 0 aliphatic carbocycles. The number of nitrogens with one attached hydrogen (secondary N) is 1. The van der Waals surface area contributed by atoms with E-state index in [9.17, 15) is 0 Å². The van der Waals surface area contributed by atoms with Crippen molar-refractivity contribution < 1.29 is 4.74 Å². The van der Waals surface area contributed by atoms with Gasteiger partial charge in [-0.1, -0.05) is 27.2 Å². The minimum absolute atomic E-state index is 0.421. The zero-order valence-electron chi connectivity index (χ0n) is 13.2. The molecule has 0 amide bonds. The van der Waals surface area contributed by atoms with E-state index in [1.54, 1.807) is 7.11 Å². The Balaban J connectivity index is 3.27. The van der Waals surface area contributed by atoms with E-state index in [1.807, 2.05) is 0 Å². The van der Waals surface area contributed by atoms with Crippen molar-refractivity contribution in [3.8, 4) is 0 Å². The third-order valence-electron chi connectivity index (χ3n) is 3.55. The Labute approximate surface area is 136 Å². The molecule has 1 heterocycles. The molecule has 0 fully saturated rings. The van der Waals surface area contributed by atoms with E-state index in [0.717, 1.165) is 53.1 Å². The van der Waals surface area contributed by atoms with Gasteiger partial charge in [0, 0.05) is 13.7 Å². The van der Waals surface area contributed by atoms with Gasteiger partial charge >= 0.3 is 0 Å². The van der Waals surface area contributed by atoms with Gasteiger partial charge in [-0.3, -0.25) is 0 Å². The van der Waals surface area contributed by atoms with Crippen molar-refractivity contribution in [2.24, 2.45) is 0 Å². The zero-order valence-corrected chi connectivity index (χ0v) is 15.4. The second-order valence-electron chi connectivity index (χ2n) is 5.12. The molecule has 1 rings (SSSR count). The van der Waals surface area contributed by atoms with Gasteiger partial charge in [0.15, 0.2) is 5.82 Å². The molecule has 4 nitrogen and oxygen atoms in total. The lowest BCUT2D eigenvalue weighted by atomic mass is 10.0. The maximum Gasteiger partial charge on any atom is 0.162 e. The van der Waals surface area contributed by atoms with Gasteiger partial charge in [-0.25, -0.2) is 9.97 Å². The summed E-state index contributed by atoms with van der Waals surface area (Å²) in [7, 11) is 1.73. The summed E-state index contributed by atoms with van der Waals surface area (Å²) < 4.78 is 6.79. The van der Waals surface area contributed by atoms with Crippen molar-refractivity contribution in [2.45, 2.75) is 59.0 Å². The lowest BCUT2D eigenvalue weighted by Gasteiger charge is -2.26. The lowest BCUT2D eigenvalue weighted by molar-refractivity contribution is -0.00907. The Kier molecular flexibility index (Phi) is 7.15. The van der Waals surface area contributed by atoms with Crippen LogP contribution in [0, 0.1) is 3.57 Å². The van der Waals surface area contributed by atoms with Gasteiger partial charge in [-0.2, -0.15) is 0 Å². The molecule has 1 atom stereocenters. The molecule has 0 saturated carbocycles. The van der Waals surface area contributed by atoms with Crippen LogP contribution in [0.1, 0.15) is 58.5 Å². The second-order valence-corrected chi connectivity index (χ2v) is 6.20. The highest BCUT2D eigenvalue weighted by Crippen LogP contribution is 2.29. The third-order valence-corrected chi connectivity index (χ3v) is 4.68. The van der Waals surface area contributed by atoms with Crippen LogP contribution < -0.4 is 5.32 Å². The summed E-state index contributed by atoms with van der Waals surface area (Å²) in [6.07, 6.45) is 3.98. The Bertz CT molecular complexity index is 433. The van der Waals surface area contributed by atoms with Gasteiger partial charge in [0.25, 0.3) is 0 Å². The first kappa shape index (κ1) is 17.6. The number of ether oxygens (including phenoxy) is 1. The number of aromatic nitrogens is 2. The van der Waals surface area contributed by atoms with Gasteiger partial charge < -0.3 is 10.1 Å². The molecule has 0 aliphatic heterocycles. The van der Waals surface area contributed by atoms with Crippen molar-refractivity contribution in [1.82, 2.24) is 9.97 Å². The highest BCUT2D eigenvalue weighted by Gasteiger charge is 2.29. The van der Waals surface area contributed by atoms with Crippen LogP contribution in [0.15, 0.2) is 0 Å². The van der Waals surface area contributed by atoms with Gasteiger partial charge in [-0.15, -0.1) is 0 Å². The minimum Gasteiger partial charge on any atom is -0.371 e. The summed E-state index contributed by atoms with van der Waals surface area (Å²) in [6, 6.07) is 0. The molecule has 114 valence electrons. The van der Waals surface area contributed by atoms with Crippen molar-refractivity contribution in [2.75, 3.05) is 19.0 Å². The maximum atomic E-state index is 5.65. The van der Waals surface area contributed by atoms with Crippen LogP contribution in [0.3, 0.4) is 0 Å². The number of rotatable bonds is 8. The first-order valence-corrected chi connectivity index (χ1v) is 8.46. The molecule has 1 N–H and O–H groups in total. The van der Waals surface area contributed by atoms with Crippen molar-refractivity contribution in [3.05, 3.63) is 15.1 Å². The second kappa shape index (κ2) is 8.12. The number of anilines is 1. The molecule has 5 heteroatoms. The summed E-state index contributed by atoms with van der Waals surface area (Å²) in [5, 5.41) is 3.41. The monoisotopic (exact) mass is 391 g/mol. The Hall–Kier alpha value is -0.430. The fourth-order valence-corrected chi connectivity index (χ4v) is 2.59. The fourth-order valence-electron chi connectivity index (χ4n) is 1.89. The van der Waals surface area contributed by atoms with Crippen LogP contribution in [-0.2, 0) is 16.8 Å². The predicted octanol–water partition coefficient (Wildman–Crippen LogP) is 4.13. The molecule has 0 bridgehead atoms. The van der Waals surface area contributed by atoms with Gasteiger partial charge in [0.1, 0.15) is 11.4 Å². The third kappa shape index (κ3) is 4.04. The molecule has 20 heavy (non-hydrogen) atoms. The Morgan fingerprint density at radius 2 is 1.90 bits per heavy atom. The quantitative estimate of drug-likeness (QED) is 0.677. The van der Waals surface area contributed by atoms with Gasteiger partial charge in [0.05, 0.1) is 9.26 Å². The van der Waals surface area contributed by atoms with Crippen LogP contribution in [0.4, 0.5) is 5.82 Å². The maximum absolute atomic E-state index is 5.65. The molecule has 0 radical (unpaired) electrons. The molecule has 0 spiro atoms. The summed E-state index contributed by atoms with van der Waals surface area (Å²) >= 11 is 2.34. The molecule has 0 aliphatic rings. The first-order chi connectivity index (χ1) is 9.52. The van der Waals surface area contributed by atoms with E-state index in [1.165, 1.54) is 0 Å². The summed E-state index contributed by atoms with van der Waals surface area (Å²) in [5.74, 6) is 1.72. The van der Waals surface area contributed by atoms with E-state index in [4.69, 9.17) is 14.7 Å². The molecular weight excluding hydrogens is 365 g/mol. The lowest BCUT2D eigenvalue weighted by Crippen LogP contribution is -2.28. The van der Waals surface area contributed by atoms with Crippen LogP contribution in [-0.4, -0.2) is 23.6 Å². The molecule has 1 unspecified atom stereocenters. The number of hydrogen-bond acceptors (Lipinski definition) is 4. The van der Waals surface area contributed by atoms with Crippen molar-refractivity contribution in [3.63, 3.8) is 0 Å². The number of methoxy groups -OCH3 is 1. The van der Waals surface area contributed by atoms with Crippen molar-refractivity contribution >= 4 is 28.4 Å². The van der Waals surface area contributed by atoms with Crippen LogP contribution in [0.2, 0.25) is 0 Å². The van der Waals surface area contributed by atoms with Crippen LogP contribution >= 0.6 is 22.6 Å². The van der Waals surface area contributed by atoms with Crippen LogP contribution in [0.5, 0.6) is 0 Å². The minimum atomic E-state index is -0.421. The summed E-state index contributed by atoms with van der Waals surface area (Å²) in [6.45, 7) is 9.40. The first-order valence-electron chi connectivity index (χ1n) is 7.38. The van der Waals surface area contributed by atoms with E-state index in [0.29, 0.717) is 0 Å². The summed E-state index contributed by atoms with van der Waals surface area (Å²) in [4.78, 5) is 9.47. The van der Waals surface area contributed by atoms with E-state index < -0.39 is 5.60 Å². The number of hydrogen-bond donors (Lipinski definition) is 1. The number of aryl methyl sites for hydroxylation is 1. The average molecular weight is 391 g/mol. The smallest absolute Gasteiger partial charge is 0.162 e. The Morgan fingerprint density at radius 3 is 2.40 bits per heavy atom. The fraction of sp³-hybridized carbons (Fsp3) is 0.733. The van der Waals surface area contributed by atoms with Crippen LogP contribution in [0.25, 0.3) is 0 Å². The Morgan fingerprint density at radius 1 is 1.20 bits per heavy atom. The normalized spacial score (nSPS) is 14.1.